The molecule has 2 aromatic rings. The number of thiophene rings is 1. The molecule has 0 amide bonds. The van der Waals surface area contributed by atoms with Crippen LogP contribution in [0.2, 0.25) is 0 Å². The summed E-state index contributed by atoms with van der Waals surface area (Å²) < 4.78 is 0. The molecule has 5 heteroatoms. The zero-order valence-corrected chi connectivity index (χ0v) is 10.1. The summed E-state index contributed by atoms with van der Waals surface area (Å²) >= 11 is 1.50. The Kier molecular flexibility index (Phi) is 3.21. The first-order valence-electron chi connectivity index (χ1n) is 5.18. The van der Waals surface area contributed by atoms with Crippen LogP contribution in [0.1, 0.15) is 17.8 Å². The van der Waals surface area contributed by atoms with E-state index in [1.165, 1.54) is 17.4 Å². The van der Waals surface area contributed by atoms with Gasteiger partial charge in [0, 0.05) is 21.9 Å². The number of hydrogen-bond donors (Lipinski definition) is 1. The van der Waals surface area contributed by atoms with Crippen molar-refractivity contribution >= 4 is 17.0 Å². The van der Waals surface area contributed by atoms with Gasteiger partial charge in [0.15, 0.2) is 0 Å². The summed E-state index contributed by atoms with van der Waals surface area (Å²) in [6, 6.07) is 10.5. The van der Waals surface area contributed by atoms with E-state index in [0.29, 0.717) is 5.56 Å². The monoisotopic (exact) mass is 248 g/mol. The lowest BCUT2D eigenvalue weighted by Gasteiger charge is -2.00. The van der Waals surface area contributed by atoms with Gasteiger partial charge in [0.25, 0.3) is 5.69 Å². The van der Waals surface area contributed by atoms with Crippen LogP contribution in [0, 0.1) is 10.1 Å². The van der Waals surface area contributed by atoms with Crippen molar-refractivity contribution in [3.05, 3.63) is 51.4 Å². The summed E-state index contributed by atoms with van der Waals surface area (Å²) in [5, 5.41) is 10.9. The van der Waals surface area contributed by atoms with Crippen LogP contribution in [0.25, 0.3) is 10.4 Å². The molecule has 1 atom stereocenters. The molecule has 0 aliphatic rings. The summed E-state index contributed by atoms with van der Waals surface area (Å²) in [6.07, 6.45) is 0. The molecule has 0 fully saturated rings. The number of hydrogen-bond acceptors (Lipinski definition) is 4. The molecule has 0 aliphatic heterocycles. The summed E-state index contributed by atoms with van der Waals surface area (Å²) in [6.45, 7) is 1.90. The summed E-state index contributed by atoms with van der Waals surface area (Å²) in [5.41, 5.74) is 6.56. The van der Waals surface area contributed by atoms with Crippen molar-refractivity contribution in [2.75, 3.05) is 0 Å². The molecular weight excluding hydrogens is 236 g/mol. The van der Waals surface area contributed by atoms with E-state index in [2.05, 4.69) is 0 Å². The Morgan fingerprint density at radius 1 is 1.29 bits per heavy atom. The highest BCUT2D eigenvalue weighted by molar-refractivity contribution is 7.15. The Hall–Kier alpha value is -1.72. The van der Waals surface area contributed by atoms with Crippen LogP contribution in [0.4, 0.5) is 5.69 Å². The average molecular weight is 248 g/mol. The maximum Gasteiger partial charge on any atom is 0.278 e. The van der Waals surface area contributed by atoms with Crippen LogP contribution >= 0.6 is 11.3 Å². The highest BCUT2D eigenvalue weighted by Gasteiger charge is 2.16. The van der Waals surface area contributed by atoms with Gasteiger partial charge < -0.3 is 5.73 Å². The van der Waals surface area contributed by atoms with E-state index in [-0.39, 0.29) is 16.7 Å². The van der Waals surface area contributed by atoms with Crippen molar-refractivity contribution in [1.29, 1.82) is 0 Å². The van der Waals surface area contributed by atoms with Crippen molar-refractivity contribution in [3.63, 3.8) is 0 Å². The molecule has 17 heavy (non-hydrogen) atoms. The first-order valence-corrected chi connectivity index (χ1v) is 6.00. The van der Waals surface area contributed by atoms with Gasteiger partial charge in [-0.1, -0.05) is 12.1 Å². The van der Waals surface area contributed by atoms with Gasteiger partial charge in [0.1, 0.15) is 0 Å². The fourth-order valence-electron chi connectivity index (χ4n) is 1.58. The molecule has 1 aromatic heterocycles. The van der Waals surface area contributed by atoms with Crippen LogP contribution in [-0.2, 0) is 0 Å². The van der Waals surface area contributed by atoms with Crippen LogP contribution in [0.15, 0.2) is 36.4 Å². The van der Waals surface area contributed by atoms with Gasteiger partial charge in [-0.2, -0.15) is 0 Å². The predicted molar refractivity (Wildman–Crippen MR) is 69.0 cm³/mol. The molecule has 0 bridgehead atoms. The number of nitrogens with zero attached hydrogens (tertiary/aromatic N) is 1. The van der Waals surface area contributed by atoms with Crippen molar-refractivity contribution < 1.29 is 4.92 Å². The van der Waals surface area contributed by atoms with E-state index in [9.17, 15) is 10.1 Å². The molecule has 0 saturated heterocycles. The molecule has 1 aromatic carbocycles. The molecule has 2 rings (SSSR count). The lowest BCUT2D eigenvalue weighted by Crippen LogP contribution is -2.01. The number of benzene rings is 1. The highest BCUT2D eigenvalue weighted by Crippen LogP contribution is 2.35. The van der Waals surface area contributed by atoms with Crippen molar-refractivity contribution in [3.8, 4) is 10.4 Å². The number of nitrogens with two attached hydrogens (primary N) is 1. The minimum absolute atomic E-state index is 0.0449. The Balaban J connectivity index is 2.49. The summed E-state index contributed by atoms with van der Waals surface area (Å²) in [5.74, 6) is 0. The molecule has 4 nitrogen and oxygen atoms in total. The fourth-order valence-corrected chi connectivity index (χ4v) is 2.58. The molecule has 0 aliphatic carbocycles. The van der Waals surface area contributed by atoms with E-state index in [1.54, 1.807) is 18.2 Å². The van der Waals surface area contributed by atoms with Crippen LogP contribution < -0.4 is 5.73 Å². The Morgan fingerprint density at radius 3 is 2.59 bits per heavy atom. The lowest BCUT2D eigenvalue weighted by molar-refractivity contribution is -0.384. The van der Waals surface area contributed by atoms with Crippen molar-refractivity contribution in [2.45, 2.75) is 13.0 Å². The first-order chi connectivity index (χ1) is 8.09. The van der Waals surface area contributed by atoms with E-state index in [1.807, 2.05) is 19.1 Å². The topological polar surface area (TPSA) is 69.2 Å². The van der Waals surface area contributed by atoms with Gasteiger partial charge >= 0.3 is 0 Å². The Bertz CT molecular complexity index is 549. The molecule has 0 radical (unpaired) electrons. The number of nitro benzene ring substituents is 1. The molecule has 88 valence electrons. The SMILES string of the molecule is CC(N)c1ccc(-c2ccccc2[N+](=O)[O-])s1. The zero-order valence-electron chi connectivity index (χ0n) is 9.29. The second-order valence-corrected chi connectivity index (χ2v) is 4.88. The predicted octanol–water partition coefficient (Wildman–Crippen LogP) is 3.34. The molecule has 0 spiro atoms. The number of nitro groups is 1. The minimum Gasteiger partial charge on any atom is -0.324 e. The van der Waals surface area contributed by atoms with Gasteiger partial charge in [0.2, 0.25) is 0 Å². The van der Waals surface area contributed by atoms with Gasteiger partial charge in [-0.3, -0.25) is 10.1 Å². The third kappa shape index (κ3) is 2.35. The summed E-state index contributed by atoms with van der Waals surface area (Å²) in [4.78, 5) is 12.5. The van der Waals surface area contributed by atoms with E-state index in [4.69, 9.17) is 5.73 Å². The molecular formula is C12H12N2O2S. The Morgan fingerprint density at radius 2 is 2.00 bits per heavy atom. The van der Waals surface area contributed by atoms with E-state index in [0.717, 1.165) is 9.75 Å². The normalized spacial score (nSPS) is 12.4. The highest BCUT2D eigenvalue weighted by atomic mass is 32.1. The van der Waals surface area contributed by atoms with Gasteiger partial charge in [-0.25, -0.2) is 0 Å². The minimum atomic E-state index is -0.361. The second kappa shape index (κ2) is 4.65. The molecule has 1 unspecified atom stereocenters. The summed E-state index contributed by atoms with van der Waals surface area (Å²) in [7, 11) is 0. The zero-order chi connectivity index (χ0) is 12.4. The standard InChI is InChI=1S/C12H12N2O2S/c1-8(13)11-6-7-12(17-11)9-4-2-3-5-10(9)14(15)16/h2-8H,13H2,1H3. The first kappa shape index (κ1) is 11.8. The molecule has 0 saturated carbocycles. The molecule has 1 heterocycles. The average Bonchev–Trinajstić information content (AvgIpc) is 2.78. The molecule has 2 N–H and O–H groups in total. The third-order valence-electron chi connectivity index (χ3n) is 2.44. The quantitative estimate of drug-likeness (QED) is 0.669. The third-order valence-corrected chi connectivity index (χ3v) is 3.76. The van der Waals surface area contributed by atoms with Gasteiger partial charge in [-0.05, 0) is 25.1 Å². The van der Waals surface area contributed by atoms with Gasteiger partial charge in [0.05, 0.1) is 10.5 Å². The largest absolute Gasteiger partial charge is 0.324 e. The fraction of sp³-hybridized carbons (Fsp3) is 0.167. The Labute approximate surface area is 103 Å². The van der Waals surface area contributed by atoms with Crippen molar-refractivity contribution in [2.24, 2.45) is 5.73 Å². The van der Waals surface area contributed by atoms with E-state index >= 15 is 0 Å². The second-order valence-electron chi connectivity index (χ2n) is 3.76. The van der Waals surface area contributed by atoms with E-state index < -0.39 is 0 Å². The number of rotatable bonds is 3. The van der Waals surface area contributed by atoms with Crippen molar-refractivity contribution in [1.82, 2.24) is 0 Å². The van der Waals surface area contributed by atoms with Crippen LogP contribution in [-0.4, -0.2) is 4.92 Å². The smallest absolute Gasteiger partial charge is 0.278 e. The maximum absolute atomic E-state index is 10.9. The van der Waals surface area contributed by atoms with Crippen LogP contribution in [0.5, 0.6) is 0 Å². The number of para-hydroxylation sites is 1. The van der Waals surface area contributed by atoms with Crippen LogP contribution in [0.3, 0.4) is 0 Å². The lowest BCUT2D eigenvalue weighted by atomic mass is 10.1. The maximum atomic E-state index is 10.9. The van der Waals surface area contributed by atoms with Gasteiger partial charge in [-0.15, -0.1) is 11.3 Å².